The zero-order valence-corrected chi connectivity index (χ0v) is 15.9. The summed E-state index contributed by atoms with van der Waals surface area (Å²) in [6.07, 6.45) is 3.69. The number of hydrogen-bond donors (Lipinski definition) is 3. The number of nitrogens with one attached hydrogen (secondary N) is 3. The molecule has 1 fully saturated rings. The van der Waals surface area contributed by atoms with Crippen molar-refractivity contribution >= 4 is 27.4 Å². The van der Waals surface area contributed by atoms with Gasteiger partial charge in [-0.05, 0) is 50.2 Å². The molecule has 1 aliphatic rings. The van der Waals surface area contributed by atoms with Crippen molar-refractivity contribution in [2.75, 3.05) is 31.5 Å². The van der Waals surface area contributed by atoms with Crippen LogP contribution >= 0.6 is 11.6 Å². The summed E-state index contributed by atoms with van der Waals surface area (Å²) in [6.45, 7) is 2.68. The third-order valence-electron chi connectivity index (χ3n) is 4.29. The lowest BCUT2D eigenvalue weighted by atomic mass is 9.94. The molecular formula is C17H22ClN5O2S. The zero-order chi connectivity index (χ0) is 18.4. The molecule has 0 bridgehead atoms. The Morgan fingerprint density at radius 1 is 1.12 bits per heavy atom. The fourth-order valence-corrected chi connectivity index (χ4v) is 4.04. The summed E-state index contributed by atoms with van der Waals surface area (Å²) in [5.74, 6) is 1.16. The minimum Gasteiger partial charge on any atom is -0.369 e. The first-order chi connectivity index (χ1) is 12.5. The van der Waals surface area contributed by atoms with Gasteiger partial charge in [-0.1, -0.05) is 11.6 Å². The lowest BCUT2D eigenvalue weighted by Gasteiger charge is -2.22. The lowest BCUT2D eigenvalue weighted by molar-refractivity contribution is 0.453. The second-order valence-electron chi connectivity index (χ2n) is 6.13. The van der Waals surface area contributed by atoms with Crippen LogP contribution in [-0.2, 0) is 10.0 Å². The van der Waals surface area contributed by atoms with E-state index in [0.29, 0.717) is 23.3 Å². The molecule has 3 rings (SSSR count). The number of nitrogens with zero attached hydrogens (tertiary/aromatic N) is 2. The molecular weight excluding hydrogens is 374 g/mol. The van der Waals surface area contributed by atoms with Gasteiger partial charge in [0.05, 0.1) is 4.90 Å². The number of piperidine rings is 1. The number of hydrogen-bond acceptors (Lipinski definition) is 6. The van der Waals surface area contributed by atoms with Crippen molar-refractivity contribution in [1.82, 2.24) is 20.0 Å². The van der Waals surface area contributed by atoms with Crippen LogP contribution in [0.2, 0.25) is 5.02 Å². The number of anilines is 1. The molecule has 26 heavy (non-hydrogen) atoms. The van der Waals surface area contributed by atoms with Crippen LogP contribution in [-0.4, -0.2) is 44.6 Å². The third-order valence-corrected chi connectivity index (χ3v) is 6.02. The molecule has 2 heterocycles. The minimum absolute atomic E-state index is 0.192. The Bertz CT molecular complexity index is 823. The third kappa shape index (κ3) is 5.14. The van der Waals surface area contributed by atoms with E-state index >= 15 is 0 Å². The van der Waals surface area contributed by atoms with Crippen molar-refractivity contribution < 1.29 is 8.42 Å². The van der Waals surface area contributed by atoms with Crippen LogP contribution < -0.4 is 15.4 Å². The van der Waals surface area contributed by atoms with Gasteiger partial charge in [0.2, 0.25) is 10.0 Å². The molecule has 140 valence electrons. The van der Waals surface area contributed by atoms with E-state index in [-0.39, 0.29) is 11.4 Å². The average Bonchev–Trinajstić information content (AvgIpc) is 2.67. The highest BCUT2D eigenvalue weighted by Gasteiger charge is 2.17. The van der Waals surface area contributed by atoms with Crippen LogP contribution in [0.15, 0.2) is 41.6 Å². The standard InChI is InChI=1S/C17H22ClN5O2S/c18-14-1-3-15(4-2-14)26(24,25)23-10-9-20-17-11-16(21-12-22-17)13-5-7-19-8-6-13/h1-4,11-13,19,23H,5-10H2,(H,20,21,22). The van der Waals surface area contributed by atoms with Gasteiger partial charge in [0, 0.05) is 35.8 Å². The van der Waals surface area contributed by atoms with Crippen molar-refractivity contribution in [2.45, 2.75) is 23.7 Å². The van der Waals surface area contributed by atoms with Crippen LogP contribution in [0.1, 0.15) is 24.5 Å². The molecule has 3 N–H and O–H groups in total. The molecule has 0 saturated carbocycles. The summed E-state index contributed by atoms with van der Waals surface area (Å²) >= 11 is 5.78. The van der Waals surface area contributed by atoms with Gasteiger partial charge in [-0.2, -0.15) is 0 Å². The molecule has 0 radical (unpaired) electrons. The summed E-state index contributed by atoms with van der Waals surface area (Å²) < 4.78 is 27.0. The van der Waals surface area contributed by atoms with Crippen LogP contribution in [0.5, 0.6) is 0 Å². The molecule has 1 aromatic heterocycles. The Hall–Kier alpha value is -1.74. The van der Waals surface area contributed by atoms with Crippen molar-refractivity contribution in [1.29, 1.82) is 0 Å². The van der Waals surface area contributed by atoms with Crippen LogP contribution in [0.25, 0.3) is 0 Å². The average molecular weight is 396 g/mol. The van der Waals surface area contributed by atoms with E-state index in [0.717, 1.165) is 31.6 Å². The van der Waals surface area contributed by atoms with Gasteiger partial charge in [-0.15, -0.1) is 0 Å². The van der Waals surface area contributed by atoms with Crippen molar-refractivity contribution in [2.24, 2.45) is 0 Å². The molecule has 0 aliphatic carbocycles. The molecule has 9 heteroatoms. The Labute approximate surface area is 158 Å². The topological polar surface area (TPSA) is 96.0 Å². The predicted molar refractivity (Wildman–Crippen MR) is 102 cm³/mol. The normalized spacial score (nSPS) is 15.7. The van der Waals surface area contributed by atoms with Gasteiger partial charge in [0.1, 0.15) is 12.1 Å². The number of sulfonamides is 1. The monoisotopic (exact) mass is 395 g/mol. The van der Waals surface area contributed by atoms with E-state index < -0.39 is 10.0 Å². The molecule has 0 amide bonds. The molecule has 1 aromatic carbocycles. The quantitative estimate of drug-likeness (QED) is 0.620. The molecule has 0 spiro atoms. The smallest absolute Gasteiger partial charge is 0.240 e. The van der Waals surface area contributed by atoms with Crippen molar-refractivity contribution in [3.63, 3.8) is 0 Å². The van der Waals surface area contributed by atoms with Crippen molar-refractivity contribution in [3.8, 4) is 0 Å². The maximum Gasteiger partial charge on any atom is 0.240 e. The van der Waals surface area contributed by atoms with Crippen LogP contribution in [0, 0.1) is 0 Å². The molecule has 0 unspecified atom stereocenters. The predicted octanol–water partition coefficient (Wildman–Crippen LogP) is 1.99. The Balaban J connectivity index is 1.51. The van der Waals surface area contributed by atoms with Gasteiger partial charge in [0.25, 0.3) is 0 Å². The fourth-order valence-electron chi connectivity index (χ4n) is 2.88. The van der Waals surface area contributed by atoms with Gasteiger partial charge in [-0.3, -0.25) is 0 Å². The van der Waals surface area contributed by atoms with E-state index in [4.69, 9.17) is 11.6 Å². The molecule has 2 aromatic rings. The first-order valence-corrected chi connectivity index (χ1v) is 10.4. The minimum atomic E-state index is -3.55. The molecule has 1 aliphatic heterocycles. The van der Waals surface area contributed by atoms with E-state index in [1.165, 1.54) is 12.1 Å². The van der Waals surface area contributed by atoms with Gasteiger partial charge in [-0.25, -0.2) is 23.1 Å². The van der Waals surface area contributed by atoms with E-state index in [1.807, 2.05) is 6.07 Å². The van der Waals surface area contributed by atoms with Gasteiger partial charge < -0.3 is 10.6 Å². The molecule has 7 nitrogen and oxygen atoms in total. The number of aromatic nitrogens is 2. The lowest BCUT2D eigenvalue weighted by Crippen LogP contribution is -2.29. The maximum absolute atomic E-state index is 12.2. The fraction of sp³-hybridized carbons (Fsp3) is 0.412. The molecule has 0 atom stereocenters. The highest BCUT2D eigenvalue weighted by Crippen LogP contribution is 2.24. The highest BCUT2D eigenvalue weighted by molar-refractivity contribution is 7.89. The summed E-state index contributed by atoms with van der Waals surface area (Å²) in [7, 11) is -3.55. The Kier molecular flexibility index (Phi) is 6.42. The van der Waals surface area contributed by atoms with Gasteiger partial charge >= 0.3 is 0 Å². The largest absolute Gasteiger partial charge is 0.369 e. The second-order valence-corrected chi connectivity index (χ2v) is 8.33. The van der Waals surface area contributed by atoms with Crippen molar-refractivity contribution in [3.05, 3.63) is 47.4 Å². The van der Waals surface area contributed by atoms with E-state index in [2.05, 4.69) is 25.3 Å². The van der Waals surface area contributed by atoms with E-state index in [1.54, 1.807) is 18.5 Å². The SMILES string of the molecule is O=S(=O)(NCCNc1cc(C2CCNCC2)ncn1)c1ccc(Cl)cc1. The number of benzene rings is 1. The zero-order valence-electron chi connectivity index (χ0n) is 14.3. The highest BCUT2D eigenvalue weighted by atomic mass is 35.5. The summed E-state index contributed by atoms with van der Waals surface area (Å²) in [6, 6.07) is 8.01. The van der Waals surface area contributed by atoms with Gasteiger partial charge in [0.15, 0.2) is 0 Å². The Morgan fingerprint density at radius 3 is 2.58 bits per heavy atom. The number of halogens is 1. The number of rotatable bonds is 7. The first-order valence-electron chi connectivity index (χ1n) is 8.56. The van der Waals surface area contributed by atoms with Crippen LogP contribution in [0.3, 0.4) is 0 Å². The first kappa shape index (κ1) is 19.0. The molecule has 1 saturated heterocycles. The maximum atomic E-state index is 12.2. The van der Waals surface area contributed by atoms with E-state index in [9.17, 15) is 8.42 Å². The summed E-state index contributed by atoms with van der Waals surface area (Å²) in [5, 5.41) is 6.98. The Morgan fingerprint density at radius 2 is 1.85 bits per heavy atom. The second kappa shape index (κ2) is 8.77. The summed E-state index contributed by atoms with van der Waals surface area (Å²) in [4.78, 5) is 8.77. The summed E-state index contributed by atoms with van der Waals surface area (Å²) in [5.41, 5.74) is 1.03. The van der Waals surface area contributed by atoms with Crippen LogP contribution in [0.4, 0.5) is 5.82 Å².